The molecular formula is C25H29NO5S. The quantitative estimate of drug-likeness (QED) is 0.578. The first-order chi connectivity index (χ1) is 15.3. The maximum absolute atomic E-state index is 13.3. The molecule has 1 heterocycles. The molecule has 0 saturated heterocycles. The number of hydrogen-bond acceptors (Lipinski definition) is 5. The number of nitrogens with one attached hydrogen (secondary N) is 1. The van der Waals surface area contributed by atoms with E-state index in [1.807, 2.05) is 31.4 Å². The van der Waals surface area contributed by atoms with Gasteiger partial charge in [0.25, 0.3) is 0 Å². The molecule has 0 unspecified atom stereocenters. The molecule has 2 N–H and O–H groups in total. The molecule has 1 aromatic heterocycles. The Kier molecular flexibility index (Phi) is 6.38. The van der Waals surface area contributed by atoms with E-state index in [4.69, 9.17) is 4.74 Å². The van der Waals surface area contributed by atoms with Gasteiger partial charge >= 0.3 is 11.9 Å². The standard InChI is InChI=1S/C25H29NO5S/c1-4-31-25(30)21-18(17-10-5-13(2)11-14(17)3)12-32-23(21)26-22(27)19-15-6-8-16(9-7-15)20(19)24(28)29/h5,10-12,15-16,19-20H,4,6-9H2,1-3H3,(H,26,27)(H,28,29)/t15?,16?,19-,20-/m1/s1. The van der Waals surface area contributed by atoms with Gasteiger partial charge in [-0.1, -0.05) is 23.8 Å². The number of esters is 1. The molecule has 5 rings (SSSR count). The minimum absolute atomic E-state index is 0.0480. The van der Waals surface area contributed by atoms with Crippen molar-refractivity contribution in [1.29, 1.82) is 0 Å². The third kappa shape index (κ3) is 4.06. The first kappa shape index (κ1) is 22.5. The monoisotopic (exact) mass is 455 g/mol. The molecule has 1 amide bonds. The number of thiophene rings is 1. The predicted octanol–water partition coefficient (Wildman–Crippen LogP) is 5.28. The van der Waals surface area contributed by atoms with Crippen molar-refractivity contribution in [3.05, 3.63) is 40.3 Å². The van der Waals surface area contributed by atoms with Crippen LogP contribution in [0.4, 0.5) is 5.00 Å². The highest BCUT2D eigenvalue weighted by Crippen LogP contribution is 2.49. The van der Waals surface area contributed by atoms with Gasteiger partial charge in [0.05, 0.1) is 18.4 Å². The number of benzene rings is 1. The van der Waals surface area contributed by atoms with E-state index in [0.717, 1.165) is 47.9 Å². The number of aryl methyl sites for hydroxylation is 2. The van der Waals surface area contributed by atoms with Crippen molar-refractivity contribution >= 4 is 34.2 Å². The van der Waals surface area contributed by atoms with Gasteiger partial charge in [0, 0.05) is 10.9 Å². The summed E-state index contributed by atoms with van der Waals surface area (Å²) in [7, 11) is 0. The number of carboxylic acids is 1. The minimum Gasteiger partial charge on any atom is -0.481 e. The van der Waals surface area contributed by atoms with Crippen molar-refractivity contribution in [3.63, 3.8) is 0 Å². The largest absolute Gasteiger partial charge is 0.481 e. The van der Waals surface area contributed by atoms with E-state index in [1.54, 1.807) is 6.92 Å². The number of amides is 1. The smallest absolute Gasteiger partial charge is 0.341 e. The first-order valence-corrected chi connectivity index (χ1v) is 12.1. The van der Waals surface area contributed by atoms with Crippen molar-refractivity contribution < 1.29 is 24.2 Å². The molecule has 3 aliphatic rings. The lowest BCUT2D eigenvalue weighted by molar-refractivity contribution is -0.156. The molecule has 3 aliphatic carbocycles. The molecule has 2 atom stereocenters. The number of carbonyl (C=O) groups excluding carboxylic acids is 2. The van der Waals surface area contributed by atoms with Crippen LogP contribution in [0.25, 0.3) is 11.1 Å². The third-order valence-corrected chi connectivity index (χ3v) is 7.88. The third-order valence-electron chi connectivity index (χ3n) is 6.99. The van der Waals surface area contributed by atoms with Crippen LogP contribution in [-0.4, -0.2) is 29.6 Å². The lowest BCUT2D eigenvalue weighted by Crippen LogP contribution is -2.49. The molecule has 3 fully saturated rings. The number of anilines is 1. The predicted molar refractivity (Wildman–Crippen MR) is 124 cm³/mol. The van der Waals surface area contributed by atoms with Crippen LogP contribution in [0.15, 0.2) is 23.6 Å². The van der Waals surface area contributed by atoms with E-state index in [1.165, 1.54) is 11.3 Å². The normalized spacial score (nSPS) is 24.2. The lowest BCUT2D eigenvalue weighted by Gasteiger charge is -2.45. The van der Waals surface area contributed by atoms with Gasteiger partial charge in [-0.05, 0) is 69.4 Å². The summed E-state index contributed by atoms with van der Waals surface area (Å²) in [6.07, 6.45) is 3.51. The van der Waals surface area contributed by atoms with Crippen molar-refractivity contribution in [2.45, 2.75) is 46.5 Å². The zero-order valence-corrected chi connectivity index (χ0v) is 19.5. The summed E-state index contributed by atoms with van der Waals surface area (Å²) >= 11 is 1.28. The molecular weight excluding hydrogens is 426 g/mol. The Labute approximate surface area is 192 Å². The van der Waals surface area contributed by atoms with Gasteiger partial charge in [-0.2, -0.15) is 0 Å². The van der Waals surface area contributed by atoms with Crippen LogP contribution in [0.2, 0.25) is 0 Å². The molecule has 7 heteroatoms. The number of rotatable bonds is 6. The Hall–Kier alpha value is -2.67. The Bertz CT molecular complexity index is 1050. The summed E-state index contributed by atoms with van der Waals surface area (Å²) in [6, 6.07) is 6.02. The number of carbonyl (C=O) groups is 3. The van der Waals surface area contributed by atoms with Crippen molar-refractivity contribution in [2.75, 3.05) is 11.9 Å². The summed E-state index contributed by atoms with van der Waals surface area (Å²) in [5.74, 6) is -2.79. The second-order valence-electron chi connectivity index (χ2n) is 8.95. The van der Waals surface area contributed by atoms with Crippen molar-refractivity contribution in [1.82, 2.24) is 0 Å². The Balaban J connectivity index is 1.69. The lowest BCUT2D eigenvalue weighted by atomic mass is 9.58. The summed E-state index contributed by atoms with van der Waals surface area (Å²) in [5.41, 5.74) is 4.13. The van der Waals surface area contributed by atoms with Crippen LogP contribution in [0.1, 0.15) is 54.1 Å². The van der Waals surface area contributed by atoms with Gasteiger partial charge in [-0.25, -0.2) is 4.79 Å². The van der Waals surface area contributed by atoms with E-state index < -0.39 is 23.8 Å². The van der Waals surface area contributed by atoms with Crippen LogP contribution in [0.5, 0.6) is 0 Å². The molecule has 3 saturated carbocycles. The van der Waals surface area contributed by atoms with Gasteiger partial charge < -0.3 is 15.2 Å². The molecule has 32 heavy (non-hydrogen) atoms. The SMILES string of the molecule is CCOC(=O)c1c(-c2ccc(C)cc2C)csc1NC(=O)[C@@H]1C2CCC(CC2)[C@H]1C(=O)O. The van der Waals surface area contributed by atoms with Crippen molar-refractivity contribution in [3.8, 4) is 11.1 Å². The second kappa shape index (κ2) is 9.06. The fraction of sp³-hybridized carbons (Fsp3) is 0.480. The Morgan fingerprint density at radius 3 is 2.31 bits per heavy atom. The molecule has 1 aromatic carbocycles. The summed E-state index contributed by atoms with van der Waals surface area (Å²) in [5, 5.41) is 15.0. The maximum Gasteiger partial charge on any atom is 0.341 e. The van der Waals surface area contributed by atoms with Crippen LogP contribution in [0, 0.1) is 37.5 Å². The zero-order chi connectivity index (χ0) is 23.0. The zero-order valence-electron chi connectivity index (χ0n) is 18.6. The van der Waals surface area contributed by atoms with Gasteiger partial charge in [0.1, 0.15) is 10.6 Å². The molecule has 170 valence electrons. The van der Waals surface area contributed by atoms with Gasteiger partial charge in [-0.15, -0.1) is 11.3 Å². The number of aliphatic carboxylic acids is 1. The van der Waals surface area contributed by atoms with E-state index in [2.05, 4.69) is 11.4 Å². The second-order valence-corrected chi connectivity index (χ2v) is 9.83. The van der Waals surface area contributed by atoms with E-state index >= 15 is 0 Å². The molecule has 2 aromatic rings. The number of fused-ring (bicyclic) bond motifs is 3. The average Bonchev–Trinajstić information content (AvgIpc) is 3.17. The highest BCUT2D eigenvalue weighted by atomic mass is 32.1. The number of carboxylic acid groups (broad SMARTS) is 1. The van der Waals surface area contributed by atoms with Gasteiger partial charge in [0.15, 0.2) is 0 Å². The topological polar surface area (TPSA) is 92.7 Å². The van der Waals surface area contributed by atoms with Crippen molar-refractivity contribution in [2.24, 2.45) is 23.7 Å². The molecule has 2 bridgehead atoms. The molecule has 0 aliphatic heterocycles. The highest BCUT2D eigenvalue weighted by molar-refractivity contribution is 7.15. The number of ether oxygens (including phenoxy) is 1. The van der Waals surface area contributed by atoms with Gasteiger partial charge in [-0.3, -0.25) is 9.59 Å². The minimum atomic E-state index is -0.896. The average molecular weight is 456 g/mol. The Morgan fingerprint density at radius 1 is 1.06 bits per heavy atom. The van der Waals surface area contributed by atoms with Crippen LogP contribution in [0.3, 0.4) is 0 Å². The number of hydrogen-bond donors (Lipinski definition) is 2. The summed E-state index contributed by atoms with van der Waals surface area (Å²) in [6.45, 7) is 5.97. The molecule has 0 spiro atoms. The fourth-order valence-electron chi connectivity index (χ4n) is 5.55. The summed E-state index contributed by atoms with van der Waals surface area (Å²) in [4.78, 5) is 38.2. The first-order valence-electron chi connectivity index (χ1n) is 11.2. The fourth-order valence-corrected chi connectivity index (χ4v) is 6.50. The van der Waals surface area contributed by atoms with Crippen LogP contribution in [-0.2, 0) is 14.3 Å². The van der Waals surface area contributed by atoms with E-state index in [9.17, 15) is 19.5 Å². The van der Waals surface area contributed by atoms with Crippen LogP contribution >= 0.6 is 11.3 Å². The Morgan fingerprint density at radius 2 is 1.72 bits per heavy atom. The maximum atomic E-state index is 13.3. The summed E-state index contributed by atoms with van der Waals surface area (Å²) < 4.78 is 5.31. The van der Waals surface area contributed by atoms with Crippen LogP contribution < -0.4 is 5.32 Å². The molecule has 0 radical (unpaired) electrons. The molecule has 6 nitrogen and oxygen atoms in total. The van der Waals surface area contributed by atoms with E-state index in [-0.39, 0.29) is 24.3 Å². The highest BCUT2D eigenvalue weighted by Gasteiger charge is 2.50. The van der Waals surface area contributed by atoms with E-state index in [0.29, 0.717) is 10.6 Å². The van der Waals surface area contributed by atoms with Gasteiger partial charge in [0.2, 0.25) is 5.91 Å².